The van der Waals surface area contributed by atoms with E-state index in [0.717, 1.165) is 5.56 Å². The Labute approximate surface area is 166 Å². The standard InChI is InChI=1S/C19H19ClN4O4/c1-12(10-18(25)21-17-5-3-4-16(20)13(17)2)22-23-19(26)11-14-6-8-15(9-7-14)24(27)28/h3-9H,10-11H2,1-2H3,(H,21,25)(H,23,26)/b22-12+. The summed E-state index contributed by atoms with van der Waals surface area (Å²) in [6.45, 7) is 3.42. The minimum Gasteiger partial charge on any atom is -0.325 e. The fraction of sp³-hybridized carbons (Fsp3) is 0.211. The molecule has 146 valence electrons. The molecule has 0 atom stereocenters. The third-order valence-corrected chi connectivity index (χ3v) is 4.25. The summed E-state index contributed by atoms with van der Waals surface area (Å²) in [4.78, 5) is 34.1. The average Bonchev–Trinajstić information content (AvgIpc) is 2.64. The van der Waals surface area contributed by atoms with Crippen LogP contribution in [0.2, 0.25) is 5.02 Å². The molecule has 0 aliphatic rings. The van der Waals surface area contributed by atoms with Gasteiger partial charge < -0.3 is 5.32 Å². The summed E-state index contributed by atoms with van der Waals surface area (Å²) in [7, 11) is 0. The molecule has 0 aliphatic carbocycles. The van der Waals surface area contributed by atoms with Crippen LogP contribution < -0.4 is 10.7 Å². The van der Waals surface area contributed by atoms with Gasteiger partial charge in [0.2, 0.25) is 11.8 Å². The molecule has 2 N–H and O–H groups in total. The van der Waals surface area contributed by atoms with Gasteiger partial charge in [0.1, 0.15) is 0 Å². The first-order chi connectivity index (χ1) is 13.3. The molecular formula is C19H19ClN4O4. The molecule has 2 amide bonds. The Morgan fingerprint density at radius 1 is 1.14 bits per heavy atom. The lowest BCUT2D eigenvalue weighted by atomic mass is 10.1. The molecule has 2 aromatic rings. The first-order valence-electron chi connectivity index (χ1n) is 8.36. The molecule has 2 aromatic carbocycles. The Morgan fingerprint density at radius 2 is 1.82 bits per heavy atom. The highest BCUT2D eigenvalue weighted by Gasteiger charge is 2.10. The van der Waals surface area contributed by atoms with Gasteiger partial charge in [0.15, 0.2) is 0 Å². The van der Waals surface area contributed by atoms with E-state index < -0.39 is 4.92 Å². The maximum atomic E-state index is 12.1. The number of amides is 2. The van der Waals surface area contributed by atoms with Gasteiger partial charge in [0.05, 0.1) is 17.8 Å². The van der Waals surface area contributed by atoms with Gasteiger partial charge in [-0.25, -0.2) is 5.43 Å². The minimum absolute atomic E-state index is 0.00374. The second-order valence-corrected chi connectivity index (χ2v) is 6.53. The van der Waals surface area contributed by atoms with E-state index >= 15 is 0 Å². The van der Waals surface area contributed by atoms with Crippen LogP contribution in [0.4, 0.5) is 11.4 Å². The van der Waals surface area contributed by atoms with E-state index in [-0.39, 0.29) is 30.3 Å². The fourth-order valence-corrected chi connectivity index (χ4v) is 2.50. The molecule has 0 heterocycles. The number of rotatable bonds is 7. The van der Waals surface area contributed by atoms with E-state index in [2.05, 4.69) is 15.8 Å². The zero-order valence-electron chi connectivity index (χ0n) is 15.4. The summed E-state index contributed by atoms with van der Waals surface area (Å²) in [5.74, 6) is -0.671. The van der Waals surface area contributed by atoms with Gasteiger partial charge >= 0.3 is 0 Å². The molecule has 0 spiro atoms. The van der Waals surface area contributed by atoms with Gasteiger partial charge in [-0.05, 0) is 37.1 Å². The van der Waals surface area contributed by atoms with Crippen molar-refractivity contribution in [3.8, 4) is 0 Å². The van der Waals surface area contributed by atoms with Crippen LogP contribution in [0.3, 0.4) is 0 Å². The van der Waals surface area contributed by atoms with Crippen LogP contribution >= 0.6 is 11.6 Å². The van der Waals surface area contributed by atoms with Crippen molar-refractivity contribution in [3.63, 3.8) is 0 Å². The molecule has 9 heteroatoms. The van der Waals surface area contributed by atoms with E-state index in [1.54, 1.807) is 32.0 Å². The van der Waals surface area contributed by atoms with Gasteiger partial charge in [-0.2, -0.15) is 5.10 Å². The van der Waals surface area contributed by atoms with Crippen molar-refractivity contribution < 1.29 is 14.5 Å². The van der Waals surface area contributed by atoms with Gasteiger partial charge in [0.25, 0.3) is 5.69 Å². The molecule has 0 aromatic heterocycles. The van der Waals surface area contributed by atoms with E-state index in [1.807, 2.05) is 0 Å². The van der Waals surface area contributed by atoms with Crippen LogP contribution in [0.15, 0.2) is 47.6 Å². The van der Waals surface area contributed by atoms with E-state index in [9.17, 15) is 19.7 Å². The number of nitrogens with zero attached hydrogens (tertiary/aromatic N) is 2. The Bertz CT molecular complexity index is 926. The third-order valence-electron chi connectivity index (χ3n) is 3.84. The van der Waals surface area contributed by atoms with Crippen LogP contribution in [-0.4, -0.2) is 22.4 Å². The van der Waals surface area contributed by atoms with E-state index in [4.69, 9.17) is 11.6 Å². The second-order valence-electron chi connectivity index (χ2n) is 6.12. The summed E-state index contributed by atoms with van der Waals surface area (Å²) >= 11 is 6.02. The van der Waals surface area contributed by atoms with Crippen molar-refractivity contribution in [1.29, 1.82) is 0 Å². The normalized spacial score (nSPS) is 11.0. The lowest BCUT2D eigenvalue weighted by Crippen LogP contribution is -2.23. The van der Waals surface area contributed by atoms with Gasteiger partial charge in [-0.3, -0.25) is 19.7 Å². The van der Waals surface area contributed by atoms with Crippen molar-refractivity contribution >= 4 is 40.5 Å². The summed E-state index contributed by atoms with van der Waals surface area (Å²) < 4.78 is 0. The zero-order valence-corrected chi connectivity index (χ0v) is 16.1. The lowest BCUT2D eigenvalue weighted by molar-refractivity contribution is -0.384. The van der Waals surface area contributed by atoms with Crippen molar-refractivity contribution in [2.24, 2.45) is 5.10 Å². The molecular weight excluding hydrogens is 384 g/mol. The number of hydrogen-bond acceptors (Lipinski definition) is 5. The number of nitro groups is 1. The van der Waals surface area contributed by atoms with Gasteiger partial charge in [0, 0.05) is 28.6 Å². The average molecular weight is 403 g/mol. The number of hydrogen-bond donors (Lipinski definition) is 2. The van der Waals surface area contributed by atoms with Crippen LogP contribution in [0.1, 0.15) is 24.5 Å². The molecule has 28 heavy (non-hydrogen) atoms. The molecule has 0 saturated carbocycles. The Balaban J connectivity index is 1.85. The predicted octanol–water partition coefficient (Wildman–Crippen LogP) is 3.62. The van der Waals surface area contributed by atoms with Crippen molar-refractivity contribution in [2.75, 3.05) is 5.32 Å². The number of non-ortho nitro benzene ring substituents is 1. The SMILES string of the molecule is C/C(CC(=O)Nc1cccc(Cl)c1C)=N\NC(=O)Cc1ccc([N+](=O)[O-])cc1. The van der Waals surface area contributed by atoms with Crippen LogP contribution in [0, 0.1) is 17.0 Å². The molecule has 0 aliphatic heterocycles. The number of carbonyl (C=O) groups is 2. The molecule has 8 nitrogen and oxygen atoms in total. The summed E-state index contributed by atoms with van der Waals surface area (Å²) in [5.41, 5.74) is 4.76. The zero-order chi connectivity index (χ0) is 20.7. The number of nitrogens with one attached hydrogen (secondary N) is 2. The Morgan fingerprint density at radius 3 is 2.46 bits per heavy atom. The highest BCUT2D eigenvalue weighted by atomic mass is 35.5. The molecule has 2 rings (SSSR count). The first kappa shape index (κ1) is 21.0. The number of carbonyl (C=O) groups excluding carboxylic acids is 2. The first-order valence-corrected chi connectivity index (χ1v) is 8.74. The van der Waals surface area contributed by atoms with Crippen LogP contribution in [0.5, 0.6) is 0 Å². The van der Waals surface area contributed by atoms with Gasteiger partial charge in [-0.15, -0.1) is 0 Å². The number of hydrazone groups is 1. The second kappa shape index (κ2) is 9.61. The summed E-state index contributed by atoms with van der Waals surface area (Å²) in [5, 5.41) is 17.8. The van der Waals surface area contributed by atoms with E-state index in [1.165, 1.54) is 24.3 Å². The van der Waals surface area contributed by atoms with E-state index in [0.29, 0.717) is 22.0 Å². The molecule has 0 radical (unpaired) electrons. The van der Waals surface area contributed by atoms with Crippen molar-refractivity contribution in [1.82, 2.24) is 5.43 Å². The van der Waals surface area contributed by atoms with Crippen LogP contribution in [0.25, 0.3) is 0 Å². The Hall–Kier alpha value is -3.26. The minimum atomic E-state index is -0.507. The third kappa shape index (κ3) is 6.17. The lowest BCUT2D eigenvalue weighted by Gasteiger charge is -2.09. The molecule has 0 fully saturated rings. The number of anilines is 1. The summed E-state index contributed by atoms with van der Waals surface area (Å²) in [6.07, 6.45) is 0.0203. The largest absolute Gasteiger partial charge is 0.325 e. The van der Waals surface area contributed by atoms with Crippen LogP contribution in [-0.2, 0) is 16.0 Å². The van der Waals surface area contributed by atoms with Crippen molar-refractivity contribution in [3.05, 3.63) is 68.7 Å². The number of nitro benzene ring substituents is 1. The monoisotopic (exact) mass is 402 g/mol. The highest BCUT2D eigenvalue weighted by molar-refractivity contribution is 6.31. The summed E-state index contributed by atoms with van der Waals surface area (Å²) in [6, 6.07) is 10.9. The highest BCUT2D eigenvalue weighted by Crippen LogP contribution is 2.23. The Kier molecular flexibility index (Phi) is 7.22. The maximum absolute atomic E-state index is 12.1. The number of benzene rings is 2. The smallest absolute Gasteiger partial charge is 0.269 e. The quantitative estimate of drug-likeness (QED) is 0.418. The fourth-order valence-electron chi connectivity index (χ4n) is 2.33. The topological polar surface area (TPSA) is 114 Å². The molecule has 0 unspecified atom stereocenters. The maximum Gasteiger partial charge on any atom is 0.269 e. The molecule has 0 bridgehead atoms. The molecule has 0 saturated heterocycles. The number of halogens is 1. The van der Waals surface area contributed by atoms with Gasteiger partial charge in [-0.1, -0.05) is 29.8 Å². The van der Waals surface area contributed by atoms with Crippen molar-refractivity contribution in [2.45, 2.75) is 26.7 Å². The predicted molar refractivity (Wildman–Crippen MR) is 107 cm³/mol.